The monoisotopic (exact) mass is 426 g/mol. The molecule has 0 bridgehead atoms. The molecule has 0 fully saturated rings. The van der Waals surface area contributed by atoms with Crippen molar-refractivity contribution in [3.05, 3.63) is 70.3 Å². The van der Waals surface area contributed by atoms with E-state index in [4.69, 9.17) is 4.74 Å². The van der Waals surface area contributed by atoms with Gasteiger partial charge in [0.25, 0.3) is 5.91 Å². The molecule has 0 saturated heterocycles. The van der Waals surface area contributed by atoms with E-state index < -0.39 is 0 Å². The third-order valence-electron chi connectivity index (χ3n) is 3.87. The van der Waals surface area contributed by atoms with Crippen molar-refractivity contribution in [2.24, 2.45) is 5.10 Å². The maximum Gasteiger partial charge on any atom is 0.289 e. The lowest BCUT2D eigenvalue weighted by atomic mass is 10.1. The standard InChI is InChI=1S/C20H19BrN4O2/c1-3-27-17-10-6-15(7-11-17)18-12-19(24-23-18)20(26)25-22-13(2)14-4-8-16(21)9-5-14/h4-12H,3H2,1-2H3,(H,23,24)(H,25,26). The fraction of sp³-hybridized carbons (Fsp3) is 0.150. The fourth-order valence-electron chi connectivity index (χ4n) is 2.43. The van der Waals surface area contributed by atoms with Crippen LogP contribution in [0.15, 0.2) is 64.2 Å². The number of H-pyrrole nitrogens is 1. The number of benzene rings is 2. The molecule has 0 aliphatic carbocycles. The number of halogens is 1. The van der Waals surface area contributed by atoms with Crippen molar-refractivity contribution < 1.29 is 9.53 Å². The van der Waals surface area contributed by atoms with E-state index in [2.05, 4.69) is 36.7 Å². The number of nitrogens with zero attached hydrogens (tertiary/aromatic N) is 2. The maximum atomic E-state index is 12.3. The summed E-state index contributed by atoms with van der Waals surface area (Å²) in [5.74, 6) is 0.448. The number of carbonyl (C=O) groups is 1. The fourth-order valence-corrected chi connectivity index (χ4v) is 2.69. The number of hydrogen-bond donors (Lipinski definition) is 2. The van der Waals surface area contributed by atoms with Gasteiger partial charge in [-0.1, -0.05) is 28.1 Å². The third kappa shape index (κ3) is 4.83. The minimum absolute atomic E-state index is 0.339. The van der Waals surface area contributed by atoms with Gasteiger partial charge in [-0.05, 0) is 61.9 Å². The van der Waals surface area contributed by atoms with Crippen molar-refractivity contribution >= 4 is 27.5 Å². The zero-order valence-electron chi connectivity index (χ0n) is 15.0. The summed E-state index contributed by atoms with van der Waals surface area (Å²) in [5.41, 5.74) is 6.10. The van der Waals surface area contributed by atoms with Gasteiger partial charge in [0.15, 0.2) is 0 Å². The van der Waals surface area contributed by atoms with Gasteiger partial charge in [0.2, 0.25) is 0 Å². The highest BCUT2D eigenvalue weighted by molar-refractivity contribution is 9.10. The Bertz CT molecular complexity index is 947. The second-order valence-corrected chi connectivity index (χ2v) is 6.68. The highest BCUT2D eigenvalue weighted by atomic mass is 79.9. The number of aromatic nitrogens is 2. The Morgan fingerprint density at radius 3 is 2.56 bits per heavy atom. The van der Waals surface area contributed by atoms with Gasteiger partial charge in [-0.15, -0.1) is 0 Å². The smallest absolute Gasteiger partial charge is 0.289 e. The van der Waals surface area contributed by atoms with Crippen LogP contribution in [-0.2, 0) is 0 Å². The Balaban J connectivity index is 1.67. The summed E-state index contributed by atoms with van der Waals surface area (Å²) in [5, 5.41) is 11.1. The maximum absolute atomic E-state index is 12.3. The summed E-state index contributed by atoms with van der Waals surface area (Å²) >= 11 is 3.39. The molecule has 0 aliphatic rings. The Morgan fingerprint density at radius 2 is 1.89 bits per heavy atom. The molecule has 3 aromatic rings. The van der Waals surface area contributed by atoms with E-state index in [1.54, 1.807) is 6.07 Å². The summed E-state index contributed by atoms with van der Waals surface area (Å²) < 4.78 is 6.42. The molecule has 0 atom stereocenters. The Labute approximate surface area is 165 Å². The first kappa shape index (κ1) is 18.8. The molecule has 1 aromatic heterocycles. The lowest BCUT2D eigenvalue weighted by Gasteiger charge is -2.03. The molecule has 7 heteroatoms. The number of aromatic amines is 1. The molecule has 6 nitrogen and oxygen atoms in total. The first-order valence-corrected chi connectivity index (χ1v) is 9.25. The highest BCUT2D eigenvalue weighted by Gasteiger charge is 2.11. The van der Waals surface area contributed by atoms with Crippen molar-refractivity contribution in [1.29, 1.82) is 0 Å². The summed E-state index contributed by atoms with van der Waals surface area (Å²) in [4.78, 5) is 12.3. The average Bonchev–Trinajstić information content (AvgIpc) is 3.17. The van der Waals surface area contributed by atoms with Gasteiger partial charge in [0.1, 0.15) is 11.4 Å². The van der Waals surface area contributed by atoms with Crippen LogP contribution in [0.2, 0.25) is 0 Å². The number of hydrogen-bond acceptors (Lipinski definition) is 4. The number of hydrazone groups is 1. The van der Waals surface area contributed by atoms with E-state index in [0.29, 0.717) is 23.7 Å². The van der Waals surface area contributed by atoms with Gasteiger partial charge in [-0.2, -0.15) is 10.2 Å². The number of amides is 1. The largest absolute Gasteiger partial charge is 0.494 e. The van der Waals surface area contributed by atoms with Crippen molar-refractivity contribution in [1.82, 2.24) is 15.6 Å². The van der Waals surface area contributed by atoms with Crippen LogP contribution in [0, 0.1) is 0 Å². The third-order valence-corrected chi connectivity index (χ3v) is 4.40. The van der Waals surface area contributed by atoms with Crippen LogP contribution in [0.25, 0.3) is 11.3 Å². The normalized spacial score (nSPS) is 11.3. The highest BCUT2D eigenvalue weighted by Crippen LogP contribution is 2.21. The van der Waals surface area contributed by atoms with Crippen LogP contribution in [-0.4, -0.2) is 28.4 Å². The summed E-state index contributed by atoms with van der Waals surface area (Å²) in [6.45, 7) is 4.39. The molecule has 1 amide bonds. The van der Waals surface area contributed by atoms with E-state index in [-0.39, 0.29) is 5.91 Å². The predicted octanol–water partition coefficient (Wildman–Crippen LogP) is 4.39. The molecular weight excluding hydrogens is 408 g/mol. The Hall–Kier alpha value is -2.93. The minimum atomic E-state index is -0.351. The van der Waals surface area contributed by atoms with Crippen LogP contribution < -0.4 is 10.2 Å². The van der Waals surface area contributed by atoms with Crippen LogP contribution in [0.4, 0.5) is 0 Å². The molecule has 1 heterocycles. The van der Waals surface area contributed by atoms with E-state index in [0.717, 1.165) is 21.3 Å². The molecule has 0 saturated carbocycles. The second-order valence-electron chi connectivity index (χ2n) is 5.77. The summed E-state index contributed by atoms with van der Waals surface area (Å²) in [6, 6.07) is 16.9. The molecule has 2 aromatic carbocycles. The number of rotatable bonds is 6. The number of carbonyl (C=O) groups excluding carboxylic acids is 1. The molecule has 138 valence electrons. The SMILES string of the molecule is CCOc1ccc(-c2cc(C(=O)NN=C(C)c3ccc(Br)cc3)[nH]n2)cc1. The average molecular weight is 427 g/mol. The van der Waals surface area contributed by atoms with Crippen LogP contribution in [0.5, 0.6) is 5.75 Å². The molecule has 0 spiro atoms. The molecule has 2 N–H and O–H groups in total. The lowest BCUT2D eigenvalue weighted by Crippen LogP contribution is -2.19. The Morgan fingerprint density at radius 1 is 1.19 bits per heavy atom. The summed E-state index contributed by atoms with van der Waals surface area (Å²) in [7, 11) is 0. The van der Waals surface area contributed by atoms with Crippen molar-refractivity contribution in [3.8, 4) is 17.0 Å². The van der Waals surface area contributed by atoms with Crippen LogP contribution in [0.3, 0.4) is 0 Å². The van der Waals surface area contributed by atoms with Crippen molar-refractivity contribution in [2.75, 3.05) is 6.61 Å². The van der Waals surface area contributed by atoms with E-state index in [9.17, 15) is 4.79 Å². The molecule has 0 aliphatic heterocycles. The molecular formula is C20H19BrN4O2. The quantitative estimate of drug-likeness (QED) is 0.452. The molecule has 3 rings (SSSR count). The van der Waals surface area contributed by atoms with E-state index >= 15 is 0 Å². The number of ether oxygens (including phenoxy) is 1. The van der Waals surface area contributed by atoms with Gasteiger partial charge in [0.05, 0.1) is 18.0 Å². The Kier molecular flexibility index (Phi) is 6.03. The number of nitrogens with one attached hydrogen (secondary N) is 2. The van der Waals surface area contributed by atoms with Gasteiger partial charge in [-0.3, -0.25) is 9.89 Å². The first-order valence-electron chi connectivity index (χ1n) is 8.46. The van der Waals surface area contributed by atoms with Crippen LogP contribution in [0.1, 0.15) is 29.9 Å². The zero-order valence-corrected chi connectivity index (χ0v) is 16.6. The second kappa shape index (κ2) is 8.64. The minimum Gasteiger partial charge on any atom is -0.494 e. The molecule has 27 heavy (non-hydrogen) atoms. The topological polar surface area (TPSA) is 79.4 Å². The lowest BCUT2D eigenvalue weighted by molar-refractivity contribution is 0.0950. The predicted molar refractivity (Wildman–Crippen MR) is 109 cm³/mol. The summed E-state index contributed by atoms with van der Waals surface area (Å²) in [6.07, 6.45) is 0. The zero-order chi connectivity index (χ0) is 19.2. The van der Waals surface area contributed by atoms with E-state index in [1.807, 2.05) is 62.4 Å². The van der Waals surface area contributed by atoms with Gasteiger partial charge in [-0.25, -0.2) is 5.43 Å². The van der Waals surface area contributed by atoms with Crippen molar-refractivity contribution in [3.63, 3.8) is 0 Å². The van der Waals surface area contributed by atoms with Gasteiger partial charge in [0, 0.05) is 10.0 Å². The van der Waals surface area contributed by atoms with E-state index in [1.165, 1.54) is 0 Å². The molecule has 0 unspecified atom stereocenters. The van der Waals surface area contributed by atoms with Gasteiger partial charge < -0.3 is 4.74 Å². The first-order chi connectivity index (χ1) is 13.1. The van der Waals surface area contributed by atoms with Crippen molar-refractivity contribution in [2.45, 2.75) is 13.8 Å². The van der Waals surface area contributed by atoms with Gasteiger partial charge >= 0.3 is 0 Å². The molecule has 0 radical (unpaired) electrons. The van der Waals surface area contributed by atoms with Crippen LogP contribution >= 0.6 is 15.9 Å².